The molecule has 0 aliphatic heterocycles. The first kappa shape index (κ1) is 18.2. The highest BCUT2D eigenvalue weighted by molar-refractivity contribution is 5.99. The van der Waals surface area contributed by atoms with Gasteiger partial charge >= 0.3 is 0 Å². The van der Waals surface area contributed by atoms with Crippen molar-refractivity contribution in [2.24, 2.45) is 0 Å². The predicted octanol–water partition coefficient (Wildman–Crippen LogP) is 2.35. The summed E-state index contributed by atoms with van der Waals surface area (Å²) in [4.78, 5) is 23.8. The summed E-state index contributed by atoms with van der Waals surface area (Å²) in [7, 11) is 2.90. The van der Waals surface area contributed by atoms with Crippen LogP contribution in [0.5, 0.6) is 11.5 Å². The van der Waals surface area contributed by atoms with Crippen molar-refractivity contribution < 1.29 is 27.8 Å². The number of hydrogen-bond acceptors (Lipinski definition) is 4. The number of rotatable bonds is 6. The van der Waals surface area contributed by atoms with Gasteiger partial charge < -0.3 is 20.1 Å². The molecule has 0 aliphatic carbocycles. The Labute approximate surface area is 142 Å². The van der Waals surface area contributed by atoms with Crippen LogP contribution < -0.4 is 20.1 Å². The number of halogens is 2. The molecule has 0 spiro atoms. The van der Waals surface area contributed by atoms with Crippen molar-refractivity contribution in [2.45, 2.75) is 0 Å². The molecule has 8 heteroatoms. The standard InChI is InChI=1S/C17H16F2N2O4/c1-24-14-6-3-10(7-15(14)25-2)17(23)20-9-16(22)21-13-5-4-11(18)8-12(13)19/h3-8H,9H2,1-2H3,(H,20,23)(H,21,22). The van der Waals surface area contributed by atoms with Crippen molar-refractivity contribution in [1.82, 2.24) is 5.32 Å². The van der Waals surface area contributed by atoms with Gasteiger partial charge in [0.2, 0.25) is 5.91 Å². The third kappa shape index (κ3) is 4.66. The van der Waals surface area contributed by atoms with Gasteiger partial charge in [-0.3, -0.25) is 9.59 Å². The normalized spacial score (nSPS) is 10.1. The minimum absolute atomic E-state index is 0.174. The summed E-state index contributed by atoms with van der Waals surface area (Å²) in [6, 6.07) is 7.29. The summed E-state index contributed by atoms with van der Waals surface area (Å²) in [5.74, 6) is -2.00. The van der Waals surface area contributed by atoms with E-state index in [1.54, 1.807) is 6.07 Å². The van der Waals surface area contributed by atoms with E-state index in [9.17, 15) is 18.4 Å². The monoisotopic (exact) mass is 350 g/mol. The van der Waals surface area contributed by atoms with Gasteiger partial charge in [-0.05, 0) is 30.3 Å². The smallest absolute Gasteiger partial charge is 0.251 e. The van der Waals surface area contributed by atoms with E-state index < -0.39 is 23.4 Å². The quantitative estimate of drug-likeness (QED) is 0.838. The van der Waals surface area contributed by atoms with Gasteiger partial charge in [0.1, 0.15) is 11.6 Å². The zero-order chi connectivity index (χ0) is 18.4. The number of amides is 2. The summed E-state index contributed by atoms with van der Waals surface area (Å²) in [6.45, 7) is -0.385. The minimum atomic E-state index is -0.903. The average Bonchev–Trinajstić information content (AvgIpc) is 2.61. The van der Waals surface area contributed by atoms with E-state index in [1.165, 1.54) is 26.4 Å². The molecule has 0 aliphatic rings. The molecule has 0 unspecified atom stereocenters. The summed E-state index contributed by atoms with van der Waals surface area (Å²) in [6.07, 6.45) is 0. The van der Waals surface area contributed by atoms with Crippen molar-refractivity contribution in [3.8, 4) is 11.5 Å². The molecule has 0 aromatic heterocycles. The van der Waals surface area contributed by atoms with E-state index in [-0.39, 0.29) is 17.8 Å². The highest BCUT2D eigenvalue weighted by Gasteiger charge is 2.13. The molecule has 25 heavy (non-hydrogen) atoms. The van der Waals surface area contributed by atoms with E-state index in [0.717, 1.165) is 12.1 Å². The maximum atomic E-state index is 13.5. The molecule has 2 N–H and O–H groups in total. The number of carbonyl (C=O) groups excluding carboxylic acids is 2. The Morgan fingerprint density at radius 2 is 1.72 bits per heavy atom. The third-order valence-electron chi connectivity index (χ3n) is 3.26. The maximum absolute atomic E-state index is 13.5. The van der Waals surface area contributed by atoms with Gasteiger partial charge in [0, 0.05) is 11.6 Å². The van der Waals surface area contributed by atoms with Crippen LogP contribution in [0.1, 0.15) is 10.4 Å². The Bertz CT molecular complexity index is 796. The maximum Gasteiger partial charge on any atom is 0.251 e. The van der Waals surface area contributed by atoms with Gasteiger partial charge in [-0.25, -0.2) is 8.78 Å². The number of hydrogen-bond donors (Lipinski definition) is 2. The molecule has 132 valence electrons. The number of nitrogens with one attached hydrogen (secondary N) is 2. The van der Waals surface area contributed by atoms with Crippen LogP contribution in [0, 0.1) is 11.6 Å². The van der Waals surface area contributed by atoms with Crippen LogP contribution in [-0.2, 0) is 4.79 Å². The highest BCUT2D eigenvalue weighted by Crippen LogP contribution is 2.27. The summed E-state index contributed by atoms with van der Waals surface area (Å²) in [5.41, 5.74) is 0.0881. The molecule has 0 saturated heterocycles. The second-order valence-corrected chi connectivity index (χ2v) is 4.92. The molecule has 0 atom stereocenters. The Morgan fingerprint density at radius 3 is 2.36 bits per heavy atom. The lowest BCUT2D eigenvalue weighted by Crippen LogP contribution is -2.33. The van der Waals surface area contributed by atoms with Crippen molar-refractivity contribution in [1.29, 1.82) is 0 Å². The average molecular weight is 350 g/mol. The minimum Gasteiger partial charge on any atom is -0.493 e. The molecule has 6 nitrogen and oxygen atoms in total. The van der Waals surface area contributed by atoms with Crippen LogP contribution in [0.4, 0.5) is 14.5 Å². The van der Waals surface area contributed by atoms with Crippen molar-refractivity contribution >= 4 is 17.5 Å². The van der Waals surface area contributed by atoms with E-state index in [2.05, 4.69) is 10.6 Å². The van der Waals surface area contributed by atoms with E-state index in [0.29, 0.717) is 17.6 Å². The SMILES string of the molecule is COc1ccc(C(=O)NCC(=O)Nc2ccc(F)cc2F)cc1OC. The van der Waals surface area contributed by atoms with Gasteiger partial charge in [0.15, 0.2) is 11.5 Å². The second kappa shape index (κ2) is 8.09. The molecule has 0 heterocycles. The molecule has 2 amide bonds. The highest BCUT2D eigenvalue weighted by atomic mass is 19.1. The second-order valence-electron chi connectivity index (χ2n) is 4.92. The van der Waals surface area contributed by atoms with Crippen LogP contribution in [0.25, 0.3) is 0 Å². The fraction of sp³-hybridized carbons (Fsp3) is 0.176. The van der Waals surface area contributed by atoms with E-state index >= 15 is 0 Å². The van der Waals surface area contributed by atoms with Gasteiger partial charge in [-0.2, -0.15) is 0 Å². The predicted molar refractivity (Wildman–Crippen MR) is 86.9 cm³/mol. The summed E-state index contributed by atoms with van der Waals surface area (Å²) < 4.78 is 36.4. The van der Waals surface area contributed by atoms with Crippen molar-refractivity contribution in [3.63, 3.8) is 0 Å². The Balaban J connectivity index is 1.96. The van der Waals surface area contributed by atoms with E-state index in [4.69, 9.17) is 9.47 Å². The van der Waals surface area contributed by atoms with Crippen LogP contribution >= 0.6 is 0 Å². The lowest BCUT2D eigenvalue weighted by atomic mass is 10.2. The molecule has 0 fully saturated rings. The largest absolute Gasteiger partial charge is 0.493 e. The topological polar surface area (TPSA) is 76.7 Å². The van der Waals surface area contributed by atoms with Gasteiger partial charge in [-0.15, -0.1) is 0 Å². The Kier molecular flexibility index (Phi) is 5.89. The lowest BCUT2D eigenvalue weighted by molar-refractivity contribution is -0.115. The molecule has 0 bridgehead atoms. The van der Waals surface area contributed by atoms with Crippen LogP contribution in [0.3, 0.4) is 0 Å². The fourth-order valence-electron chi connectivity index (χ4n) is 2.03. The van der Waals surface area contributed by atoms with Gasteiger partial charge in [0.25, 0.3) is 5.91 Å². The zero-order valence-corrected chi connectivity index (χ0v) is 13.6. The molecule has 0 radical (unpaired) electrons. The fourth-order valence-corrected chi connectivity index (χ4v) is 2.03. The summed E-state index contributed by atoms with van der Waals surface area (Å²) in [5, 5.41) is 4.64. The number of ether oxygens (including phenoxy) is 2. The zero-order valence-electron chi connectivity index (χ0n) is 13.6. The van der Waals surface area contributed by atoms with Crippen LogP contribution in [0.15, 0.2) is 36.4 Å². The molecular weight excluding hydrogens is 334 g/mol. The van der Waals surface area contributed by atoms with Gasteiger partial charge in [0.05, 0.1) is 26.5 Å². The molecule has 2 aromatic rings. The lowest BCUT2D eigenvalue weighted by Gasteiger charge is -2.10. The third-order valence-corrected chi connectivity index (χ3v) is 3.26. The van der Waals surface area contributed by atoms with Crippen LogP contribution in [-0.4, -0.2) is 32.6 Å². The summed E-state index contributed by atoms with van der Waals surface area (Å²) >= 11 is 0. The number of anilines is 1. The molecular formula is C17H16F2N2O4. The van der Waals surface area contributed by atoms with Crippen LogP contribution in [0.2, 0.25) is 0 Å². The molecule has 2 rings (SSSR count). The van der Waals surface area contributed by atoms with Crippen molar-refractivity contribution in [2.75, 3.05) is 26.1 Å². The van der Waals surface area contributed by atoms with E-state index in [1.807, 2.05) is 0 Å². The number of carbonyl (C=O) groups is 2. The Hall–Kier alpha value is -3.16. The first-order valence-electron chi connectivity index (χ1n) is 7.19. The Morgan fingerprint density at radius 1 is 1.00 bits per heavy atom. The first-order valence-corrected chi connectivity index (χ1v) is 7.19. The van der Waals surface area contributed by atoms with Gasteiger partial charge in [-0.1, -0.05) is 0 Å². The van der Waals surface area contributed by atoms with Crippen molar-refractivity contribution in [3.05, 3.63) is 53.6 Å². The number of methoxy groups -OCH3 is 2. The number of benzene rings is 2. The molecule has 2 aromatic carbocycles. The molecule has 0 saturated carbocycles. The first-order chi connectivity index (χ1) is 11.9.